The molecule has 1 N–H and O–H groups in total. The minimum Gasteiger partial charge on any atom is -0.351 e. The van der Waals surface area contributed by atoms with Gasteiger partial charge in [-0.1, -0.05) is 51.6 Å². The average molecular weight is 283 g/mol. The molecule has 1 amide bonds. The van der Waals surface area contributed by atoms with Gasteiger partial charge in [-0.3, -0.25) is 9.78 Å². The number of halogens is 1. The highest BCUT2D eigenvalue weighted by Gasteiger charge is 2.19. The van der Waals surface area contributed by atoms with Gasteiger partial charge in [-0.25, -0.2) is 0 Å². The van der Waals surface area contributed by atoms with Crippen molar-refractivity contribution in [3.05, 3.63) is 29.0 Å². The number of hydrogen-bond donors (Lipinski definition) is 1. The van der Waals surface area contributed by atoms with Crippen LogP contribution in [0.25, 0.3) is 0 Å². The Kier molecular flexibility index (Phi) is 6.29. The Morgan fingerprint density at radius 2 is 2.16 bits per heavy atom. The molecule has 0 bridgehead atoms. The van der Waals surface area contributed by atoms with E-state index >= 15 is 0 Å². The zero-order valence-electron chi connectivity index (χ0n) is 12.0. The number of nitrogens with zero attached hydrogens (tertiary/aromatic N) is 1. The van der Waals surface area contributed by atoms with Crippen LogP contribution in [0, 0.1) is 5.41 Å². The molecule has 0 aliphatic heterocycles. The number of aromatic nitrogens is 1. The van der Waals surface area contributed by atoms with E-state index in [1.54, 1.807) is 12.3 Å². The standard InChI is InChI=1S/C15H23ClN2O/c1-4-5-6-8-15(2,3)11-18-14(19)12-10-17-9-7-13(12)16/h7,9-10H,4-6,8,11H2,1-3H3,(H,18,19). The minimum absolute atomic E-state index is 0.111. The van der Waals surface area contributed by atoms with E-state index < -0.39 is 0 Å². The van der Waals surface area contributed by atoms with Crippen LogP contribution in [0.3, 0.4) is 0 Å². The quantitative estimate of drug-likeness (QED) is 0.766. The summed E-state index contributed by atoms with van der Waals surface area (Å²) < 4.78 is 0. The van der Waals surface area contributed by atoms with Gasteiger partial charge in [-0.15, -0.1) is 0 Å². The molecule has 106 valence electrons. The van der Waals surface area contributed by atoms with E-state index in [0.29, 0.717) is 17.1 Å². The second kappa shape index (κ2) is 7.49. The second-order valence-corrected chi connectivity index (χ2v) is 6.07. The van der Waals surface area contributed by atoms with Gasteiger partial charge in [-0.05, 0) is 17.9 Å². The van der Waals surface area contributed by atoms with Gasteiger partial charge >= 0.3 is 0 Å². The molecule has 0 radical (unpaired) electrons. The molecular weight excluding hydrogens is 260 g/mol. The van der Waals surface area contributed by atoms with Crippen molar-refractivity contribution in [2.24, 2.45) is 5.41 Å². The van der Waals surface area contributed by atoms with Crippen LogP contribution in [-0.4, -0.2) is 17.4 Å². The van der Waals surface area contributed by atoms with Crippen molar-refractivity contribution in [2.45, 2.75) is 46.5 Å². The lowest BCUT2D eigenvalue weighted by Crippen LogP contribution is -2.34. The zero-order chi connectivity index (χ0) is 14.3. The topological polar surface area (TPSA) is 42.0 Å². The summed E-state index contributed by atoms with van der Waals surface area (Å²) in [6.45, 7) is 7.20. The zero-order valence-corrected chi connectivity index (χ0v) is 12.8. The molecule has 0 spiro atoms. The molecule has 0 saturated heterocycles. The summed E-state index contributed by atoms with van der Waals surface area (Å²) in [6, 6.07) is 1.63. The van der Waals surface area contributed by atoms with E-state index in [-0.39, 0.29) is 11.3 Å². The smallest absolute Gasteiger partial charge is 0.254 e. The number of hydrogen-bond acceptors (Lipinski definition) is 2. The average Bonchev–Trinajstić information content (AvgIpc) is 2.37. The fourth-order valence-electron chi connectivity index (χ4n) is 1.90. The highest BCUT2D eigenvalue weighted by molar-refractivity contribution is 6.33. The largest absolute Gasteiger partial charge is 0.351 e. The maximum Gasteiger partial charge on any atom is 0.254 e. The van der Waals surface area contributed by atoms with Gasteiger partial charge in [0.1, 0.15) is 0 Å². The molecule has 0 aliphatic carbocycles. The third-order valence-electron chi connectivity index (χ3n) is 3.20. The van der Waals surface area contributed by atoms with Crippen molar-refractivity contribution in [3.63, 3.8) is 0 Å². The first-order valence-electron chi connectivity index (χ1n) is 6.84. The van der Waals surface area contributed by atoms with Crippen LogP contribution in [0.1, 0.15) is 56.8 Å². The number of unbranched alkanes of at least 4 members (excludes halogenated alkanes) is 2. The van der Waals surface area contributed by atoms with E-state index in [9.17, 15) is 4.79 Å². The van der Waals surface area contributed by atoms with Crippen molar-refractivity contribution in [1.82, 2.24) is 10.3 Å². The molecule has 1 aromatic rings. The van der Waals surface area contributed by atoms with Crippen LogP contribution < -0.4 is 5.32 Å². The van der Waals surface area contributed by atoms with E-state index in [0.717, 1.165) is 6.42 Å². The number of rotatable bonds is 7. The third-order valence-corrected chi connectivity index (χ3v) is 3.53. The molecule has 1 rings (SSSR count). The number of nitrogens with one attached hydrogen (secondary N) is 1. The second-order valence-electron chi connectivity index (χ2n) is 5.66. The first kappa shape index (κ1) is 16.0. The molecule has 4 heteroatoms. The predicted molar refractivity (Wildman–Crippen MR) is 79.5 cm³/mol. The van der Waals surface area contributed by atoms with Crippen LogP contribution in [0.4, 0.5) is 0 Å². The molecule has 0 aliphatic rings. The van der Waals surface area contributed by atoms with Crippen molar-refractivity contribution < 1.29 is 4.79 Å². The Labute approximate surface area is 120 Å². The summed E-state index contributed by atoms with van der Waals surface area (Å²) in [5.41, 5.74) is 0.549. The van der Waals surface area contributed by atoms with Crippen LogP contribution in [0.15, 0.2) is 18.5 Å². The van der Waals surface area contributed by atoms with E-state index in [4.69, 9.17) is 11.6 Å². The maximum absolute atomic E-state index is 12.0. The van der Waals surface area contributed by atoms with Crippen LogP contribution in [0.2, 0.25) is 5.02 Å². The molecule has 1 heterocycles. The van der Waals surface area contributed by atoms with Gasteiger partial charge in [0.25, 0.3) is 5.91 Å². The Morgan fingerprint density at radius 3 is 2.79 bits per heavy atom. The monoisotopic (exact) mass is 282 g/mol. The minimum atomic E-state index is -0.151. The lowest BCUT2D eigenvalue weighted by molar-refractivity contribution is 0.0934. The van der Waals surface area contributed by atoms with E-state index in [2.05, 4.69) is 31.1 Å². The normalized spacial score (nSPS) is 11.4. The SMILES string of the molecule is CCCCCC(C)(C)CNC(=O)c1cnccc1Cl. The molecule has 3 nitrogen and oxygen atoms in total. The van der Waals surface area contributed by atoms with Crippen molar-refractivity contribution >= 4 is 17.5 Å². The molecule has 0 atom stereocenters. The molecule has 1 aromatic heterocycles. The lowest BCUT2D eigenvalue weighted by atomic mass is 9.87. The Bertz CT molecular complexity index is 418. The van der Waals surface area contributed by atoms with Gasteiger partial charge in [0, 0.05) is 18.9 Å². The molecule has 19 heavy (non-hydrogen) atoms. The Balaban J connectivity index is 2.47. The highest BCUT2D eigenvalue weighted by atomic mass is 35.5. The number of pyridine rings is 1. The Morgan fingerprint density at radius 1 is 1.42 bits per heavy atom. The van der Waals surface area contributed by atoms with E-state index in [1.165, 1.54) is 25.5 Å². The van der Waals surface area contributed by atoms with E-state index in [1.807, 2.05) is 0 Å². The van der Waals surface area contributed by atoms with Crippen LogP contribution in [-0.2, 0) is 0 Å². The van der Waals surface area contributed by atoms with Gasteiger partial charge in [0.05, 0.1) is 10.6 Å². The summed E-state index contributed by atoms with van der Waals surface area (Å²) in [7, 11) is 0. The fourth-order valence-corrected chi connectivity index (χ4v) is 2.09. The van der Waals surface area contributed by atoms with Crippen molar-refractivity contribution in [1.29, 1.82) is 0 Å². The van der Waals surface area contributed by atoms with Gasteiger partial charge in [0.15, 0.2) is 0 Å². The Hall–Kier alpha value is -1.09. The number of carbonyl (C=O) groups is 1. The molecule has 0 fully saturated rings. The van der Waals surface area contributed by atoms with Gasteiger partial charge < -0.3 is 5.32 Å². The van der Waals surface area contributed by atoms with Gasteiger partial charge in [-0.2, -0.15) is 0 Å². The first-order chi connectivity index (χ1) is 8.96. The molecule has 0 aromatic carbocycles. The predicted octanol–water partition coefficient (Wildman–Crippen LogP) is 4.07. The van der Waals surface area contributed by atoms with Crippen molar-refractivity contribution in [3.8, 4) is 0 Å². The summed E-state index contributed by atoms with van der Waals surface area (Å²) in [6.07, 6.45) is 7.85. The number of amides is 1. The maximum atomic E-state index is 12.0. The third kappa shape index (κ3) is 5.60. The van der Waals surface area contributed by atoms with Crippen LogP contribution in [0.5, 0.6) is 0 Å². The van der Waals surface area contributed by atoms with Crippen LogP contribution >= 0.6 is 11.6 Å². The fraction of sp³-hybridized carbons (Fsp3) is 0.600. The lowest BCUT2D eigenvalue weighted by Gasteiger charge is -2.25. The summed E-state index contributed by atoms with van der Waals surface area (Å²) >= 11 is 5.97. The summed E-state index contributed by atoms with van der Waals surface area (Å²) in [5.74, 6) is -0.151. The van der Waals surface area contributed by atoms with Crippen molar-refractivity contribution in [2.75, 3.05) is 6.54 Å². The summed E-state index contributed by atoms with van der Waals surface area (Å²) in [4.78, 5) is 15.9. The summed E-state index contributed by atoms with van der Waals surface area (Å²) in [5, 5.41) is 3.38. The highest BCUT2D eigenvalue weighted by Crippen LogP contribution is 2.23. The molecular formula is C15H23ClN2O. The molecule has 0 saturated carbocycles. The first-order valence-corrected chi connectivity index (χ1v) is 7.22. The molecule has 0 unspecified atom stereocenters. The number of carbonyl (C=O) groups excluding carboxylic acids is 1. The van der Waals surface area contributed by atoms with Gasteiger partial charge in [0.2, 0.25) is 0 Å².